The molecule has 3 rings (SSSR count). The second-order valence-electron chi connectivity index (χ2n) is 5.29. The lowest BCUT2D eigenvalue weighted by Gasteiger charge is -2.08. The number of nitrogens with one attached hydrogen (secondary N) is 1. The zero-order valence-electron chi connectivity index (χ0n) is 12.7. The second kappa shape index (κ2) is 6.87. The van der Waals surface area contributed by atoms with Gasteiger partial charge < -0.3 is 11.1 Å². The highest BCUT2D eigenvalue weighted by atomic mass is 16.1. The fourth-order valence-electron chi connectivity index (χ4n) is 2.49. The molecule has 1 amide bonds. The van der Waals surface area contributed by atoms with E-state index in [9.17, 15) is 4.79 Å². The molecule has 0 saturated heterocycles. The topological polar surface area (TPSA) is 80.9 Å². The number of aromatic nitrogens is 2. The highest BCUT2D eigenvalue weighted by Crippen LogP contribution is 2.16. The van der Waals surface area contributed by atoms with Gasteiger partial charge in [-0.1, -0.05) is 48.5 Å². The molecule has 0 saturated carbocycles. The third-order valence-electron chi connectivity index (χ3n) is 3.61. The minimum Gasteiger partial charge on any atom is -0.368 e. The number of nitrogens with two attached hydrogens (primary N) is 1. The van der Waals surface area contributed by atoms with Crippen molar-refractivity contribution in [1.29, 1.82) is 0 Å². The lowest BCUT2D eigenvalue weighted by molar-refractivity contribution is 0.0950. The Kier molecular flexibility index (Phi) is 4.47. The fourth-order valence-corrected chi connectivity index (χ4v) is 2.49. The molecule has 116 valence electrons. The maximum Gasteiger partial charge on any atom is 0.270 e. The molecule has 1 aromatic heterocycles. The Morgan fingerprint density at radius 1 is 1.00 bits per heavy atom. The lowest BCUT2D eigenvalue weighted by atomic mass is 10.1. The van der Waals surface area contributed by atoms with E-state index in [1.165, 1.54) is 5.56 Å². The van der Waals surface area contributed by atoms with E-state index >= 15 is 0 Å². The molecule has 3 aromatic rings. The van der Waals surface area contributed by atoms with Gasteiger partial charge in [0, 0.05) is 11.9 Å². The van der Waals surface area contributed by atoms with Gasteiger partial charge in [-0.25, -0.2) is 9.97 Å². The summed E-state index contributed by atoms with van der Waals surface area (Å²) in [7, 11) is 0. The van der Waals surface area contributed by atoms with Crippen LogP contribution in [0.5, 0.6) is 0 Å². The third-order valence-corrected chi connectivity index (χ3v) is 3.61. The molecular formula is C18H18N4O. The van der Waals surface area contributed by atoms with E-state index in [0.29, 0.717) is 23.1 Å². The molecule has 5 nitrogen and oxygen atoms in total. The van der Waals surface area contributed by atoms with Crippen LogP contribution >= 0.6 is 0 Å². The molecule has 0 aliphatic carbocycles. The Hall–Kier alpha value is -2.95. The van der Waals surface area contributed by atoms with Crippen LogP contribution in [-0.4, -0.2) is 22.4 Å². The summed E-state index contributed by atoms with van der Waals surface area (Å²) < 4.78 is 0. The molecule has 23 heavy (non-hydrogen) atoms. The van der Waals surface area contributed by atoms with Gasteiger partial charge in [-0.3, -0.25) is 4.79 Å². The Balaban J connectivity index is 1.64. The molecule has 0 aliphatic rings. The number of aryl methyl sites for hydroxylation is 1. The first-order valence-electron chi connectivity index (χ1n) is 7.58. The van der Waals surface area contributed by atoms with Gasteiger partial charge in [0.15, 0.2) is 0 Å². The highest BCUT2D eigenvalue weighted by molar-refractivity contribution is 6.04. The molecule has 0 aliphatic heterocycles. The van der Waals surface area contributed by atoms with Crippen LogP contribution in [-0.2, 0) is 6.42 Å². The van der Waals surface area contributed by atoms with E-state index in [1.807, 2.05) is 42.5 Å². The fraction of sp³-hybridized carbons (Fsp3) is 0.167. The average molecular weight is 306 g/mol. The maximum absolute atomic E-state index is 12.4. The predicted molar refractivity (Wildman–Crippen MR) is 91.0 cm³/mol. The average Bonchev–Trinajstić information content (AvgIpc) is 2.58. The van der Waals surface area contributed by atoms with Crippen LogP contribution in [0.2, 0.25) is 0 Å². The predicted octanol–water partition coefficient (Wildman–Crippen LogP) is 2.57. The van der Waals surface area contributed by atoms with Crippen molar-refractivity contribution < 1.29 is 4.79 Å². The van der Waals surface area contributed by atoms with Crippen LogP contribution in [0.4, 0.5) is 5.95 Å². The van der Waals surface area contributed by atoms with Crippen molar-refractivity contribution in [2.75, 3.05) is 12.3 Å². The number of nitrogen functional groups attached to an aromatic ring is 1. The van der Waals surface area contributed by atoms with Crippen LogP contribution in [0.25, 0.3) is 10.9 Å². The number of hydrogen-bond donors (Lipinski definition) is 2. The van der Waals surface area contributed by atoms with Gasteiger partial charge in [-0.05, 0) is 24.5 Å². The number of para-hydroxylation sites is 1. The third kappa shape index (κ3) is 3.63. The second-order valence-corrected chi connectivity index (χ2v) is 5.29. The summed E-state index contributed by atoms with van der Waals surface area (Å²) in [6.07, 6.45) is 1.79. The number of amides is 1. The first-order valence-corrected chi connectivity index (χ1v) is 7.58. The molecular weight excluding hydrogens is 288 g/mol. The van der Waals surface area contributed by atoms with Crippen molar-refractivity contribution in [3.8, 4) is 0 Å². The number of rotatable bonds is 5. The van der Waals surface area contributed by atoms with Crippen LogP contribution < -0.4 is 11.1 Å². The summed E-state index contributed by atoms with van der Waals surface area (Å²) in [4.78, 5) is 20.6. The number of fused-ring (bicyclic) bond motifs is 1. The van der Waals surface area contributed by atoms with E-state index in [-0.39, 0.29) is 11.9 Å². The lowest BCUT2D eigenvalue weighted by Crippen LogP contribution is -2.26. The Morgan fingerprint density at radius 2 is 1.74 bits per heavy atom. The van der Waals surface area contributed by atoms with Gasteiger partial charge in [-0.2, -0.15) is 0 Å². The van der Waals surface area contributed by atoms with E-state index < -0.39 is 0 Å². The quantitative estimate of drug-likeness (QED) is 0.710. The van der Waals surface area contributed by atoms with Crippen LogP contribution in [0.1, 0.15) is 22.5 Å². The molecule has 0 bridgehead atoms. The van der Waals surface area contributed by atoms with Crippen molar-refractivity contribution in [2.45, 2.75) is 12.8 Å². The SMILES string of the molecule is Nc1nc(C(=O)NCCCc2ccccc2)c2ccccc2n1. The molecule has 1 heterocycles. The minimum atomic E-state index is -0.219. The molecule has 0 radical (unpaired) electrons. The number of carbonyl (C=O) groups is 1. The number of anilines is 1. The standard InChI is InChI=1S/C18H18N4O/c19-18-21-15-11-5-4-10-14(15)16(22-18)17(23)20-12-6-9-13-7-2-1-3-8-13/h1-5,7-8,10-11H,6,9,12H2,(H,20,23)(H2,19,21,22). The van der Waals surface area contributed by atoms with Gasteiger partial charge in [0.2, 0.25) is 5.95 Å². The summed E-state index contributed by atoms with van der Waals surface area (Å²) in [6, 6.07) is 17.6. The van der Waals surface area contributed by atoms with Crippen molar-refractivity contribution >= 4 is 22.8 Å². The summed E-state index contributed by atoms with van der Waals surface area (Å²) in [5.41, 5.74) is 7.96. The van der Waals surface area contributed by atoms with Crippen LogP contribution in [0, 0.1) is 0 Å². The van der Waals surface area contributed by atoms with Gasteiger partial charge in [0.25, 0.3) is 5.91 Å². The number of benzene rings is 2. The summed E-state index contributed by atoms with van der Waals surface area (Å²) in [5, 5.41) is 3.61. The van der Waals surface area contributed by atoms with Gasteiger partial charge >= 0.3 is 0 Å². The number of nitrogens with zero attached hydrogens (tertiary/aromatic N) is 2. The summed E-state index contributed by atoms with van der Waals surface area (Å²) in [5.74, 6) is -0.110. The van der Waals surface area contributed by atoms with Crippen molar-refractivity contribution in [3.63, 3.8) is 0 Å². The zero-order valence-corrected chi connectivity index (χ0v) is 12.7. The number of carbonyl (C=O) groups excluding carboxylic acids is 1. The van der Waals surface area contributed by atoms with Gasteiger partial charge in [-0.15, -0.1) is 0 Å². The largest absolute Gasteiger partial charge is 0.368 e. The van der Waals surface area contributed by atoms with Crippen molar-refractivity contribution in [1.82, 2.24) is 15.3 Å². The van der Waals surface area contributed by atoms with Crippen LogP contribution in [0.3, 0.4) is 0 Å². The normalized spacial score (nSPS) is 10.6. The first kappa shape index (κ1) is 15.0. The van der Waals surface area contributed by atoms with Crippen LogP contribution in [0.15, 0.2) is 54.6 Å². The first-order chi connectivity index (χ1) is 11.2. The monoisotopic (exact) mass is 306 g/mol. The number of hydrogen-bond acceptors (Lipinski definition) is 4. The van der Waals surface area contributed by atoms with Gasteiger partial charge in [0.05, 0.1) is 5.52 Å². The molecule has 0 fully saturated rings. The smallest absolute Gasteiger partial charge is 0.270 e. The van der Waals surface area contributed by atoms with E-state index in [2.05, 4.69) is 27.4 Å². The van der Waals surface area contributed by atoms with Crippen molar-refractivity contribution in [2.24, 2.45) is 0 Å². The van der Waals surface area contributed by atoms with Gasteiger partial charge in [0.1, 0.15) is 5.69 Å². The van der Waals surface area contributed by atoms with Crippen molar-refractivity contribution in [3.05, 3.63) is 65.9 Å². The molecule has 2 aromatic carbocycles. The minimum absolute atomic E-state index is 0.109. The Morgan fingerprint density at radius 3 is 2.57 bits per heavy atom. The van der Waals surface area contributed by atoms with E-state index in [1.54, 1.807) is 0 Å². The maximum atomic E-state index is 12.4. The molecule has 0 atom stereocenters. The summed E-state index contributed by atoms with van der Waals surface area (Å²) >= 11 is 0. The molecule has 3 N–H and O–H groups in total. The Bertz CT molecular complexity index is 818. The molecule has 0 spiro atoms. The zero-order chi connectivity index (χ0) is 16.1. The highest BCUT2D eigenvalue weighted by Gasteiger charge is 2.13. The van der Waals surface area contributed by atoms with E-state index in [4.69, 9.17) is 5.73 Å². The van der Waals surface area contributed by atoms with E-state index in [0.717, 1.165) is 12.8 Å². The summed E-state index contributed by atoms with van der Waals surface area (Å²) in [6.45, 7) is 0.589. The molecule has 5 heteroatoms. The molecule has 0 unspecified atom stereocenters. The Labute approximate surface area is 134 Å².